The molecule has 0 aliphatic heterocycles. The summed E-state index contributed by atoms with van der Waals surface area (Å²) in [6.07, 6.45) is 6.71. The normalized spacial score (nSPS) is 14.5. The molecule has 0 spiro atoms. The van der Waals surface area contributed by atoms with Crippen LogP contribution < -0.4 is 10.1 Å². The van der Waals surface area contributed by atoms with Gasteiger partial charge in [0.15, 0.2) is 6.61 Å². The molecule has 200 valence electrons. The lowest BCUT2D eigenvalue weighted by molar-refractivity contribution is -0.143. The van der Waals surface area contributed by atoms with Crippen molar-refractivity contribution in [3.8, 4) is 5.75 Å². The number of benzene rings is 3. The Labute approximate surface area is 231 Å². The minimum Gasteiger partial charge on any atom is -0.484 e. The molecule has 0 unspecified atom stereocenters. The van der Waals surface area contributed by atoms with E-state index in [1.54, 1.807) is 11.0 Å². The molecule has 0 radical (unpaired) electrons. The van der Waals surface area contributed by atoms with Gasteiger partial charge in [0.1, 0.15) is 11.8 Å². The molecule has 1 N–H and O–H groups in total. The van der Waals surface area contributed by atoms with Crippen molar-refractivity contribution in [3.05, 3.63) is 101 Å². The van der Waals surface area contributed by atoms with Crippen LogP contribution in [0.4, 0.5) is 0 Å². The first-order valence-corrected chi connectivity index (χ1v) is 14.0. The van der Waals surface area contributed by atoms with Gasteiger partial charge in [-0.1, -0.05) is 98.5 Å². The van der Waals surface area contributed by atoms with Gasteiger partial charge in [0.05, 0.1) is 0 Å². The van der Waals surface area contributed by atoms with Crippen LogP contribution in [0.2, 0.25) is 5.02 Å². The number of hydrogen-bond donors (Lipinski definition) is 1. The van der Waals surface area contributed by atoms with Crippen LogP contribution in [-0.2, 0) is 29.0 Å². The van der Waals surface area contributed by atoms with Crippen LogP contribution in [0, 0.1) is 0 Å². The second-order valence-corrected chi connectivity index (χ2v) is 10.4. The first kappa shape index (κ1) is 27.7. The minimum absolute atomic E-state index is 0.131. The minimum atomic E-state index is -0.700. The Bertz CT molecular complexity index is 1180. The fraction of sp³-hybridized carbons (Fsp3) is 0.375. The predicted octanol–water partition coefficient (Wildman–Crippen LogP) is 6.37. The molecule has 1 fully saturated rings. The molecule has 0 heterocycles. The van der Waals surface area contributed by atoms with Crippen LogP contribution in [0.25, 0.3) is 0 Å². The van der Waals surface area contributed by atoms with Crippen molar-refractivity contribution < 1.29 is 14.3 Å². The van der Waals surface area contributed by atoms with Gasteiger partial charge in [0.25, 0.3) is 5.91 Å². The van der Waals surface area contributed by atoms with Crippen molar-refractivity contribution in [2.45, 2.75) is 70.5 Å². The first-order chi connectivity index (χ1) is 18.5. The molecular formula is C32H37ClN2O3. The molecular weight excluding hydrogens is 496 g/mol. The first-order valence-electron chi connectivity index (χ1n) is 13.6. The molecule has 1 aliphatic rings. The monoisotopic (exact) mass is 532 g/mol. The van der Waals surface area contributed by atoms with Crippen LogP contribution in [0.5, 0.6) is 5.75 Å². The second kappa shape index (κ2) is 14.0. The van der Waals surface area contributed by atoms with Crippen LogP contribution in [-0.4, -0.2) is 35.4 Å². The summed E-state index contributed by atoms with van der Waals surface area (Å²) in [6, 6.07) is 24.5. The molecule has 3 aromatic carbocycles. The summed E-state index contributed by atoms with van der Waals surface area (Å²) >= 11 is 6.50. The molecule has 38 heavy (non-hydrogen) atoms. The van der Waals surface area contributed by atoms with E-state index in [0.29, 0.717) is 17.2 Å². The van der Waals surface area contributed by atoms with Gasteiger partial charge in [-0.3, -0.25) is 9.59 Å². The summed E-state index contributed by atoms with van der Waals surface area (Å²) in [5.74, 6) is 0.233. The zero-order valence-corrected chi connectivity index (χ0v) is 22.8. The standard InChI is InChI=1S/C32H37ClN2O3/c1-2-24-17-19-28(20-18-24)38-23-31(36)35(22-26-13-9-10-16-29(26)33)30(21-25-11-5-3-6-12-25)32(37)34-27-14-7-4-8-15-27/h3,5-6,9-13,16-20,27,30H,2,4,7-8,14-15,21-23H2,1H3,(H,34,37)/t30-/m1/s1. The van der Waals surface area contributed by atoms with Crippen molar-refractivity contribution in [1.82, 2.24) is 10.2 Å². The molecule has 1 aliphatic carbocycles. The van der Waals surface area contributed by atoms with Crippen LogP contribution >= 0.6 is 11.6 Å². The summed E-state index contributed by atoms with van der Waals surface area (Å²) in [6.45, 7) is 2.14. The number of aryl methyl sites for hydroxylation is 1. The lowest BCUT2D eigenvalue weighted by atomic mass is 9.94. The molecule has 0 aromatic heterocycles. The zero-order valence-electron chi connectivity index (χ0n) is 22.1. The zero-order chi connectivity index (χ0) is 26.7. The van der Waals surface area contributed by atoms with E-state index in [4.69, 9.17) is 16.3 Å². The highest BCUT2D eigenvalue weighted by Gasteiger charge is 2.32. The molecule has 0 saturated heterocycles. The number of carbonyl (C=O) groups excluding carboxylic acids is 2. The van der Waals surface area contributed by atoms with Gasteiger partial charge in [0, 0.05) is 24.0 Å². The van der Waals surface area contributed by atoms with Gasteiger partial charge in [-0.05, 0) is 54.2 Å². The average Bonchev–Trinajstić information content (AvgIpc) is 2.96. The predicted molar refractivity (Wildman–Crippen MR) is 152 cm³/mol. The van der Waals surface area contributed by atoms with E-state index in [9.17, 15) is 9.59 Å². The van der Waals surface area contributed by atoms with Crippen molar-refractivity contribution in [2.75, 3.05) is 6.61 Å². The van der Waals surface area contributed by atoms with E-state index in [-0.39, 0.29) is 31.0 Å². The SMILES string of the molecule is CCc1ccc(OCC(=O)N(Cc2ccccc2Cl)[C@H](Cc2ccccc2)C(=O)NC2CCCCC2)cc1. The Kier molecular flexibility index (Phi) is 10.2. The maximum atomic E-state index is 13.8. The Morgan fingerprint density at radius 1 is 0.921 bits per heavy atom. The third kappa shape index (κ3) is 7.84. The van der Waals surface area contributed by atoms with Crippen LogP contribution in [0.3, 0.4) is 0 Å². The number of hydrogen-bond acceptors (Lipinski definition) is 3. The van der Waals surface area contributed by atoms with Gasteiger partial charge in [0.2, 0.25) is 5.91 Å². The fourth-order valence-corrected chi connectivity index (χ4v) is 5.15. The van der Waals surface area contributed by atoms with Crippen LogP contribution in [0.15, 0.2) is 78.9 Å². The third-order valence-electron chi connectivity index (χ3n) is 7.22. The molecule has 3 aromatic rings. The van der Waals surface area contributed by atoms with Gasteiger partial charge in [-0.2, -0.15) is 0 Å². The quantitative estimate of drug-likeness (QED) is 0.312. The molecule has 5 nitrogen and oxygen atoms in total. The van der Waals surface area contributed by atoms with Gasteiger partial charge in [-0.25, -0.2) is 0 Å². The Morgan fingerprint density at radius 3 is 2.29 bits per heavy atom. The van der Waals surface area contributed by atoms with E-state index in [1.165, 1.54) is 12.0 Å². The molecule has 2 amide bonds. The number of carbonyl (C=O) groups is 2. The van der Waals surface area contributed by atoms with Crippen molar-refractivity contribution in [2.24, 2.45) is 0 Å². The summed E-state index contributed by atoms with van der Waals surface area (Å²) in [4.78, 5) is 29.2. The van der Waals surface area contributed by atoms with Crippen molar-refractivity contribution in [1.29, 1.82) is 0 Å². The summed E-state index contributed by atoms with van der Waals surface area (Å²) in [5.41, 5.74) is 2.98. The smallest absolute Gasteiger partial charge is 0.261 e. The van der Waals surface area contributed by atoms with Crippen molar-refractivity contribution >= 4 is 23.4 Å². The summed E-state index contributed by atoms with van der Waals surface area (Å²) in [5, 5.41) is 3.82. The fourth-order valence-electron chi connectivity index (χ4n) is 4.96. The van der Waals surface area contributed by atoms with E-state index >= 15 is 0 Å². The number of halogens is 1. The second-order valence-electron chi connectivity index (χ2n) is 9.95. The van der Waals surface area contributed by atoms with E-state index in [2.05, 4.69) is 12.2 Å². The lowest BCUT2D eigenvalue weighted by Crippen LogP contribution is -2.53. The Hall–Kier alpha value is -3.31. The largest absolute Gasteiger partial charge is 0.484 e. The maximum Gasteiger partial charge on any atom is 0.261 e. The highest BCUT2D eigenvalue weighted by Crippen LogP contribution is 2.23. The third-order valence-corrected chi connectivity index (χ3v) is 7.58. The van der Waals surface area contributed by atoms with E-state index in [1.807, 2.05) is 72.8 Å². The lowest BCUT2D eigenvalue weighted by Gasteiger charge is -2.33. The highest BCUT2D eigenvalue weighted by atomic mass is 35.5. The summed E-state index contributed by atoms with van der Waals surface area (Å²) in [7, 11) is 0. The Balaban J connectivity index is 1.60. The topological polar surface area (TPSA) is 58.6 Å². The summed E-state index contributed by atoms with van der Waals surface area (Å²) < 4.78 is 5.89. The highest BCUT2D eigenvalue weighted by molar-refractivity contribution is 6.31. The number of ether oxygens (including phenoxy) is 1. The van der Waals surface area contributed by atoms with E-state index in [0.717, 1.165) is 43.2 Å². The maximum absolute atomic E-state index is 13.8. The number of nitrogens with zero attached hydrogens (tertiary/aromatic N) is 1. The Morgan fingerprint density at radius 2 is 1.61 bits per heavy atom. The number of nitrogens with one attached hydrogen (secondary N) is 1. The molecule has 1 saturated carbocycles. The molecule has 4 rings (SSSR count). The molecule has 1 atom stereocenters. The van der Waals surface area contributed by atoms with Gasteiger partial charge >= 0.3 is 0 Å². The van der Waals surface area contributed by atoms with Crippen molar-refractivity contribution in [3.63, 3.8) is 0 Å². The van der Waals surface area contributed by atoms with E-state index < -0.39 is 6.04 Å². The van der Waals surface area contributed by atoms with Gasteiger partial charge in [-0.15, -0.1) is 0 Å². The molecule has 0 bridgehead atoms. The number of amides is 2. The average molecular weight is 533 g/mol. The molecule has 6 heteroatoms. The number of rotatable bonds is 11. The van der Waals surface area contributed by atoms with Gasteiger partial charge < -0.3 is 15.0 Å². The van der Waals surface area contributed by atoms with Crippen LogP contribution in [0.1, 0.15) is 55.7 Å².